The van der Waals surface area contributed by atoms with Crippen molar-refractivity contribution in [1.82, 2.24) is 14.7 Å². The van der Waals surface area contributed by atoms with E-state index in [4.69, 9.17) is 9.26 Å². The molecule has 0 radical (unpaired) electrons. The second-order valence-corrected chi connectivity index (χ2v) is 7.55. The molecule has 5 rings (SSSR count). The lowest BCUT2D eigenvalue weighted by molar-refractivity contribution is 0.257. The first-order valence-electron chi connectivity index (χ1n) is 8.64. The van der Waals surface area contributed by atoms with Crippen molar-refractivity contribution in [1.29, 1.82) is 0 Å². The molecule has 7 heteroatoms. The number of ether oxygens (including phenoxy) is 1. The van der Waals surface area contributed by atoms with Gasteiger partial charge in [0.05, 0.1) is 22.8 Å². The second-order valence-electron chi connectivity index (χ2n) is 6.70. The molecule has 2 aromatic carbocycles. The molecule has 4 aromatic rings. The summed E-state index contributed by atoms with van der Waals surface area (Å²) in [5, 5.41) is 4.06. The van der Waals surface area contributed by atoms with Gasteiger partial charge in [0.25, 0.3) is 0 Å². The maximum Gasteiger partial charge on any atom is 0.327 e. The van der Waals surface area contributed by atoms with E-state index in [9.17, 15) is 4.79 Å². The summed E-state index contributed by atoms with van der Waals surface area (Å²) < 4.78 is 14.2. The molecule has 0 aliphatic carbocycles. The van der Waals surface area contributed by atoms with Crippen molar-refractivity contribution in [2.45, 2.75) is 19.9 Å². The zero-order valence-electron chi connectivity index (χ0n) is 14.7. The van der Waals surface area contributed by atoms with Gasteiger partial charge in [0.2, 0.25) is 0 Å². The lowest BCUT2D eigenvalue weighted by atomic mass is 10.00. The van der Waals surface area contributed by atoms with Crippen LogP contribution in [0.5, 0.6) is 5.75 Å². The van der Waals surface area contributed by atoms with Gasteiger partial charge in [-0.2, -0.15) is 0 Å². The Morgan fingerprint density at radius 3 is 2.74 bits per heavy atom. The SMILES string of the molecule is Cc1noc(C)c1-c1cc(Br)c2[nH]c(=O)n3c2c1OCC3c1ccccc1. The molecule has 0 saturated heterocycles. The topological polar surface area (TPSA) is 73.0 Å². The van der Waals surface area contributed by atoms with E-state index in [0.717, 1.165) is 37.9 Å². The first-order valence-corrected chi connectivity index (χ1v) is 9.43. The lowest BCUT2D eigenvalue weighted by Crippen LogP contribution is -2.30. The molecule has 6 nitrogen and oxygen atoms in total. The van der Waals surface area contributed by atoms with Crippen LogP contribution in [0.1, 0.15) is 23.1 Å². The van der Waals surface area contributed by atoms with Gasteiger partial charge in [0.15, 0.2) is 5.75 Å². The molecule has 2 aromatic heterocycles. The van der Waals surface area contributed by atoms with Crippen LogP contribution in [0.2, 0.25) is 0 Å². The normalized spacial score (nSPS) is 15.9. The molecule has 1 aliphatic rings. The predicted molar refractivity (Wildman–Crippen MR) is 105 cm³/mol. The third kappa shape index (κ3) is 2.31. The monoisotopic (exact) mass is 425 g/mol. The molecule has 0 bridgehead atoms. The summed E-state index contributed by atoms with van der Waals surface area (Å²) in [6, 6.07) is 11.7. The summed E-state index contributed by atoms with van der Waals surface area (Å²) in [7, 11) is 0. The van der Waals surface area contributed by atoms with E-state index in [2.05, 4.69) is 26.1 Å². The molecule has 136 valence electrons. The molecule has 1 aliphatic heterocycles. The number of hydrogen-bond acceptors (Lipinski definition) is 4. The Balaban J connectivity index is 1.85. The fourth-order valence-corrected chi connectivity index (χ4v) is 4.41. The van der Waals surface area contributed by atoms with Crippen LogP contribution >= 0.6 is 15.9 Å². The second kappa shape index (κ2) is 5.85. The van der Waals surface area contributed by atoms with Crippen molar-refractivity contribution < 1.29 is 9.26 Å². The molecule has 0 amide bonds. The van der Waals surface area contributed by atoms with Crippen LogP contribution < -0.4 is 10.4 Å². The van der Waals surface area contributed by atoms with E-state index in [-0.39, 0.29) is 11.7 Å². The highest BCUT2D eigenvalue weighted by molar-refractivity contribution is 9.10. The summed E-state index contributed by atoms with van der Waals surface area (Å²) >= 11 is 3.60. The van der Waals surface area contributed by atoms with E-state index >= 15 is 0 Å². The van der Waals surface area contributed by atoms with Gasteiger partial charge in [-0.3, -0.25) is 4.57 Å². The van der Waals surface area contributed by atoms with Crippen molar-refractivity contribution >= 4 is 27.0 Å². The number of aryl methyl sites for hydroxylation is 2. The predicted octanol–water partition coefficient (Wildman–Crippen LogP) is 4.35. The summed E-state index contributed by atoms with van der Waals surface area (Å²) in [4.78, 5) is 15.8. The first-order chi connectivity index (χ1) is 13.1. The number of halogens is 1. The van der Waals surface area contributed by atoms with E-state index in [1.54, 1.807) is 4.57 Å². The zero-order valence-corrected chi connectivity index (χ0v) is 16.3. The minimum absolute atomic E-state index is 0.153. The summed E-state index contributed by atoms with van der Waals surface area (Å²) in [5.74, 6) is 1.39. The third-order valence-corrected chi connectivity index (χ3v) is 5.71. The average Bonchev–Trinajstić information content (AvgIpc) is 3.20. The zero-order chi connectivity index (χ0) is 18.7. The number of benzene rings is 2. The fourth-order valence-electron chi connectivity index (χ4n) is 3.89. The number of aromatic amines is 1. The molecule has 1 atom stereocenters. The number of nitrogens with one attached hydrogen (secondary N) is 1. The van der Waals surface area contributed by atoms with E-state index < -0.39 is 0 Å². The Labute approximate surface area is 162 Å². The fraction of sp³-hybridized carbons (Fsp3) is 0.200. The van der Waals surface area contributed by atoms with Gasteiger partial charge in [0, 0.05) is 10.0 Å². The van der Waals surface area contributed by atoms with Crippen molar-refractivity contribution in [3.63, 3.8) is 0 Å². The third-order valence-electron chi connectivity index (χ3n) is 5.08. The minimum Gasteiger partial charge on any atom is -0.488 e. The number of H-pyrrole nitrogens is 1. The largest absolute Gasteiger partial charge is 0.488 e. The van der Waals surface area contributed by atoms with E-state index in [1.807, 2.05) is 50.2 Å². The van der Waals surface area contributed by atoms with Gasteiger partial charge in [-0.1, -0.05) is 35.5 Å². The molecule has 1 unspecified atom stereocenters. The number of aromatic nitrogens is 3. The molecule has 3 heterocycles. The van der Waals surface area contributed by atoms with Crippen LogP contribution in [-0.4, -0.2) is 21.3 Å². The molecule has 0 fully saturated rings. The number of imidazole rings is 1. The van der Waals surface area contributed by atoms with Crippen molar-refractivity contribution in [3.8, 4) is 16.9 Å². The van der Waals surface area contributed by atoms with Gasteiger partial charge >= 0.3 is 5.69 Å². The summed E-state index contributed by atoms with van der Waals surface area (Å²) in [5.41, 5.74) is 4.91. The van der Waals surface area contributed by atoms with Crippen LogP contribution in [0.25, 0.3) is 22.2 Å². The highest BCUT2D eigenvalue weighted by Crippen LogP contribution is 2.45. The quantitative estimate of drug-likeness (QED) is 0.518. The van der Waals surface area contributed by atoms with Gasteiger partial charge in [-0.15, -0.1) is 0 Å². The maximum absolute atomic E-state index is 12.8. The Morgan fingerprint density at radius 1 is 1.26 bits per heavy atom. The molecular weight excluding hydrogens is 410 g/mol. The number of hydrogen-bond donors (Lipinski definition) is 1. The van der Waals surface area contributed by atoms with Gasteiger partial charge in [-0.05, 0) is 41.4 Å². The Bertz CT molecular complexity index is 1220. The Morgan fingerprint density at radius 2 is 2.04 bits per heavy atom. The van der Waals surface area contributed by atoms with Gasteiger partial charge in [-0.25, -0.2) is 4.79 Å². The van der Waals surface area contributed by atoms with Crippen LogP contribution in [0.4, 0.5) is 0 Å². The summed E-state index contributed by atoms with van der Waals surface area (Å²) in [6.45, 7) is 4.15. The van der Waals surface area contributed by atoms with E-state index in [0.29, 0.717) is 18.1 Å². The van der Waals surface area contributed by atoms with Crippen LogP contribution in [0.15, 0.2) is 50.2 Å². The minimum atomic E-state index is -0.188. The molecule has 1 N–H and O–H groups in total. The number of nitrogens with zero attached hydrogens (tertiary/aromatic N) is 2. The van der Waals surface area contributed by atoms with Crippen molar-refractivity contribution in [2.24, 2.45) is 0 Å². The van der Waals surface area contributed by atoms with Crippen molar-refractivity contribution in [2.75, 3.05) is 6.61 Å². The van der Waals surface area contributed by atoms with Gasteiger partial charge in [0.1, 0.15) is 17.9 Å². The van der Waals surface area contributed by atoms with Gasteiger partial charge < -0.3 is 14.2 Å². The van der Waals surface area contributed by atoms with Crippen LogP contribution in [0.3, 0.4) is 0 Å². The van der Waals surface area contributed by atoms with Crippen LogP contribution in [0, 0.1) is 13.8 Å². The number of rotatable bonds is 2. The highest BCUT2D eigenvalue weighted by atomic mass is 79.9. The Kier molecular flexibility index (Phi) is 3.55. The first kappa shape index (κ1) is 16.4. The summed E-state index contributed by atoms with van der Waals surface area (Å²) in [6.07, 6.45) is 0. The molecule has 0 saturated carbocycles. The standard InChI is InChI=1S/C20H16BrN3O3/c1-10-16(11(2)27-23-10)13-8-14(21)17-18-19(13)26-9-15(24(18)20(25)22-17)12-6-4-3-5-7-12/h3-8,15H,9H2,1-2H3,(H,22,25). The maximum atomic E-state index is 12.8. The lowest BCUT2D eigenvalue weighted by Gasteiger charge is -2.27. The highest BCUT2D eigenvalue weighted by Gasteiger charge is 2.31. The average molecular weight is 426 g/mol. The smallest absolute Gasteiger partial charge is 0.327 e. The van der Waals surface area contributed by atoms with E-state index in [1.165, 1.54) is 0 Å². The molecular formula is C20H16BrN3O3. The van der Waals surface area contributed by atoms with Crippen LogP contribution in [-0.2, 0) is 0 Å². The Hall–Kier alpha value is -2.80. The molecule has 27 heavy (non-hydrogen) atoms. The van der Waals surface area contributed by atoms with Crippen molar-refractivity contribution in [3.05, 3.63) is 68.4 Å². The molecule has 0 spiro atoms.